The molecule has 1 aromatic rings. The number of nitrogens with two attached hydrogens (primary N) is 1. The number of rotatable bonds is 6. The van der Waals surface area contributed by atoms with Crippen molar-refractivity contribution in [3.8, 4) is 0 Å². The fourth-order valence-corrected chi connectivity index (χ4v) is 2.94. The van der Waals surface area contributed by atoms with Crippen molar-refractivity contribution >= 4 is 23.5 Å². The second-order valence-corrected chi connectivity index (χ2v) is 6.92. The third-order valence-electron chi connectivity index (χ3n) is 4.55. The summed E-state index contributed by atoms with van der Waals surface area (Å²) in [5.74, 6) is 5.27. The Balaban J connectivity index is 1.43. The summed E-state index contributed by atoms with van der Waals surface area (Å²) < 4.78 is 13.3. The van der Waals surface area contributed by atoms with Crippen LogP contribution in [0.4, 0.5) is 9.18 Å². The van der Waals surface area contributed by atoms with Crippen molar-refractivity contribution < 1.29 is 14.0 Å². The van der Waals surface area contributed by atoms with E-state index in [0.717, 1.165) is 30.7 Å². The lowest BCUT2D eigenvalue weighted by Gasteiger charge is -2.22. The fourth-order valence-electron chi connectivity index (χ4n) is 2.82. The fraction of sp³-hybridized carbons (Fsp3) is 0.500. The van der Waals surface area contributed by atoms with Gasteiger partial charge in [0.05, 0.1) is 5.02 Å². The Morgan fingerprint density at radius 2 is 2.08 bits per heavy atom. The third-order valence-corrected chi connectivity index (χ3v) is 4.86. The number of urea groups is 1. The van der Waals surface area contributed by atoms with Crippen LogP contribution in [0.3, 0.4) is 0 Å². The minimum Gasteiger partial charge on any atom is -0.350 e. The average Bonchev–Trinajstić information content (AvgIpc) is 3.41. The molecule has 0 heterocycles. The number of hydrogen-bond donors (Lipinski definition) is 3. The van der Waals surface area contributed by atoms with Crippen LogP contribution < -0.4 is 16.5 Å². The minimum absolute atomic E-state index is 0.0274. The molecule has 4 N–H and O–H groups in total. The summed E-state index contributed by atoms with van der Waals surface area (Å²) in [7, 11) is 0. The Bertz CT molecular complexity index is 661. The Morgan fingerprint density at radius 3 is 2.67 bits per heavy atom. The maximum absolute atomic E-state index is 13.3. The molecule has 2 saturated carbocycles. The SMILES string of the molecule is NN(CC(=O)NCc1ccc(Cl)c(F)c1)C(=O)NC1(C2CC2)CC1. The number of amides is 3. The second kappa shape index (κ2) is 6.57. The van der Waals surface area contributed by atoms with Crippen LogP contribution in [0.2, 0.25) is 5.02 Å². The van der Waals surface area contributed by atoms with Gasteiger partial charge in [-0.05, 0) is 49.3 Å². The van der Waals surface area contributed by atoms with Gasteiger partial charge in [0.25, 0.3) is 0 Å². The average molecular weight is 355 g/mol. The Hall–Kier alpha value is -1.86. The molecular formula is C16H20ClFN4O2. The van der Waals surface area contributed by atoms with Gasteiger partial charge in [0.2, 0.25) is 5.91 Å². The number of hydrazine groups is 1. The van der Waals surface area contributed by atoms with Crippen LogP contribution in [-0.2, 0) is 11.3 Å². The van der Waals surface area contributed by atoms with Gasteiger partial charge in [0.15, 0.2) is 0 Å². The van der Waals surface area contributed by atoms with Gasteiger partial charge in [-0.25, -0.2) is 15.0 Å². The summed E-state index contributed by atoms with van der Waals surface area (Å²) in [5, 5.41) is 6.44. The maximum atomic E-state index is 13.3. The number of nitrogens with zero attached hydrogens (tertiary/aromatic N) is 1. The largest absolute Gasteiger partial charge is 0.350 e. The highest BCUT2D eigenvalue weighted by Gasteiger charge is 2.55. The first-order valence-corrected chi connectivity index (χ1v) is 8.32. The van der Waals surface area contributed by atoms with Crippen molar-refractivity contribution in [2.75, 3.05) is 6.54 Å². The van der Waals surface area contributed by atoms with Gasteiger partial charge < -0.3 is 10.6 Å². The van der Waals surface area contributed by atoms with Crippen LogP contribution in [0.5, 0.6) is 0 Å². The molecule has 0 saturated heterocycles. The van der Waals surface area contributed by atoms with Gasteiger partial charge in [-0.3, -0.25) is 9.80 Å². The molecule has 3 rings (SSSR count). The zero-order valence-electron chi connectivity index (χ0n) is 13.1. The first kappa shape index (κ1) is 17.0. The number of benzene rings is 1. The van der Waals surface area contributed by atoms with E-state index >= 15 is 0 Å². The van der Waals surface area contributed by atoms with Gasteiger partial charge in [0.1, 0.15) is 12.4 Å². The van der Waals surface area contributed by atoms with E-state index in [4.69, 9.17) is 17.4 Å². The summed E-state index contributed by atoms with van der Waals surface area (Å²) >= 11 is 5.60. The topological polar surface area (TPSA) is 87.5 Å². The number of halogens is 2. The highest BCUT2D eigenvalue weighted by Crippen LogP contribution is 2.53. The van der Waals surface area contributed by atoms with E-state index in [2.05, 4.69) is 10.6 Å². The van der Waals surface area contributed by atoms with Crippen molar-refractivity contribution in [2.45, 2.75) is 37.8 Å². The smallest absolute Gasteiger partial charge is 0.332 e. The van der Waals surface area contributed by atoms with E-state index in [-0.39, 0.29) is 23.7 Å². The second-order valence-electron chi connectivity index (χ2n) is 6.51. The molecule has 3 amide bonds. The van der Waals surface area contributed by atoms with E-state index in [9.17, 15) is 14.0 Å². The number of carbonyl (C=O) groups excluding carboxylic acids is 2. The molecule has 0 atom stereocenters. The molecule has 0 radical (unpaired) electrons. The molecular weight excluding hydrogens is 335 g/mol. The van der Waals surface area contributed by atoms with Gasteiger partial charge >= 0.3 is 6.03 Å². The zero-order valence-corrected chi connectivity index (χ0v) is 13.9. The van der Waals surface area contributed by atoms with E-state index in [1.165, 1.54) is 12.1 Å². The van der Waals surface area contributed by atoms with E-state index in [1.807, 2.05) is 0 Å². The van der Waals surface area contributed by atoms with Gasteiger partial charge in [-0.15, -0.1) is 0 Å². The van der Waals surface area contributed by atoms with Crippen molar-refractivity contribution in [3.05, 3.63) is 34.6 Å². The molecule has 2 fully saturated rings. The normalized spacial score (nSPS) is 18.0. The highest BCUT2D eigenvalue weighted by molar-refractivity contribution is 6.30. The summed E-state index contributed by atoms with van der Waals surface area (Å²) in [6.45, 7) is -0.128. The lowest BCUT2D eigenvalue weighted by atomic mass is 10.1. The lowest BCUT2D eigenvalue weighted by Crippen LogP contribution is -2.53. The van der Waals surface area contributed by atoms with Gasteiger partial charge in [-0.1, -0.05) is 17.7 Å². The quantitative estimate of drug-likeness (QED) is 0.414. The van der Waals surface area contributed by atoms with Crippen LogP contribution in [0.1, 0.15) is 31.2 Å². The molecule has 0 bridgehead atoms. The zero-order chi connectivity index (χ0) is 17.3. The monoisotopic (exact) mass is 354 g/mol. The molecule has 0 spiro atoms. The maximum Gasteiger partial charge on any atom is 0.332 e. The predicted octanol–water partition coefficient (Wildman–Crippen LogP) is 1.92. The van der Waals surface area contributed by atoms with Crippen molar-refractivity contribution in [1.82, 2.24) is 15.6 Å². The summed E-state index contributed by atoms with van der Waals surface area (Å²) in [6, 6.07) is 3.85. The summed E-state index contributed by atoms with van der Waals surface area (Å²) in [6.07, 6.45) is 4.24. The van der Waals surface area contributed by atoms with Crippen molar-refractivity contribution in [2.24, 2.45) is 11.8 Å². The highest BCUT2D eigenvalue weighted by atomic mass is 35.5. The molecule has 1 aromatic carbocycles. The van der Waals surface area contributed by atoms with Crippen LogP contribution in [-0.4, -0.2) is 29.0 Å². The van der Waals surface area contributed by atoms with Crippen LogP contribution >= 0.6 is 11.6 Å². The third kappa shape index (κ3) is 3.96. The number of nitrogens with one attached hydrogen (secondary N) is 2. The Morgan fingerprint density at radius 1 is 1.38 bits per heavy atom. The van der Waals surface area contributed by atoms with Crippen molar-refractivity contribution in [3.63, 3.8) is 0 Å². The van der Waals surface area contributed by atoms with Gasteiger partial charge in [-0.2, -0.15) is 0 Å². The molecule has 0 unspecified atom stereocenters. The van der Waals surface area contributed by atoms with Crippen LogP contribution in [0, 0.1) is 11.7 Å². The minimum atomic E-state index is -0.543. The number of carbonyl (C=O) groups is 2. The standard InChI is InChI=1S/C16H20ClFN4O2/c17-12-4-1-10(7-13(12)18)8-20-14(23)9-22(19)15(24)21-16(5-6-16)11-2-3-11/h1,4,7,11H,2-3,5-6,8-9,19H2,(H,20,23)(H,21,24). The molecule has 2 aliphatic rings. The van der Waals surface area contributed by atoms with E-state index in [0.29, 0.717) is 11.5 Å². The Kier molecular flexibility index (Phi) is 4.64. The summed E-state index contributed by atoms with van der Waals surface area (Å²) in [4.78, 5) is 23.9. The molecule has 2 aliphatic carbocycles. The molecule has 0 aliphatic heterocycles. The van der Waals surface area contributed by atoms with Crippen molar-refractivity contribution in [1.29, 1.82) is 0 Å². The molecule has 24 heavy (non-hydrogen) atoms. The summed E-state index contributed by atoms with van der Waals surface area (Å²) in [5.41, 5.74) is 0.482. The number of hydrogen-bond acceptors (Lipinski definition) is 3. The first-order valence-electron chi connectivity index (χ1n) is 7.95. The lowest BCUT2D eigenvalue weighted by molar-refractivity contribution is -0.121. The van der Waals surface area contributed by atoms with E-state index in [1.54, 1.807) is 6.07 Å². The molecule has 0 aromatic heterocycles. The molecule has 6 nitrogen and oxygen atoms in total. The predicted molar refractivity (Wildman–Crippen MR) is 87.4 cm³/mol. The van der Waals surface area contributed by atoms with Crippen LogP contribution in [0.15, 0.2) is 18.2 Å². The Labute approximate surface area is 144 Å². The first-order chi connectivity index (χ1) is 11.4. The molecule has 8 heteroatoms. The van der Waals surface area contributed by atoms with Crippen LogP contribution in [0.25, 0.3) is 0 Å². The van der Waals surface area contributed by atoms with E-state index < -0.39 is 17.8 Å². The van der Waals surface area contributed by atoms with Gasteiger partial charge in [0, 0.05) is 12.1 Å². The molecule has 130 valence electrons.